The molecule has 0 amide bonds. The third-order valence-corrected chi connectivity index (χ3v) is 3.51. The molecule has 0 aliphatic carbocycles. The van der Waals surface area contributed by atoms with Gasteiger partial charge in [-0.3, -0.25) is 0 Å². The standard InChI is InChI=1S/C11H17N3OS/c1-4-12-9-14-11(1)16-8-5-13-10-2-6-15-7-3-10/h1,4,9-10,13H,2-3,5-8H2. The van der Waals surface area contributed by atoms with Crippen molar-refractivity contribution in [2.45, 2.75) is 23.9 Å². The lowest BCUT2D eigenvalue weighted by atomic mass is 10.1. The van der Waals surface area contributed by atoms with Crippen molar-refractivity contribution in [3.05, 3.63) is 18.6 Å². The van der Waals surface area contributed by atoms with Gasteiger partial charge in [0.15, 0.2) is 0 Å². The van der Waals surface area contributed by atoms with Gasteiger partial charge in [0.1, 0.15) is 6.33 Å². The van der Waals surface area contributed by atoms with Crippen LogP contribution in [0, 0.1) is 0 Å². The van der Waals surface area contributed by atoms with Crippen LogP contribution < -0.4 is 5.32 Å². The van der Waals surface area contributed by atoms with E-state index in [9.17, 15) is 0 Å². The maximum atomic E-state index is 5.31. The Morgan fingerprint density at radius 3 is 3.06 bits per heavy atom. The Labute approximate surface area is 100 Å². The SMILES string of the molecule is c1cc(SCCNC2CCOCC2)ncn1. The number of rotatable bonds is 5. The molecule has 16 heavy (non-hydrogen) atoms. The van der Waals surface area contributed by atoms with Crippen LogP contribution in [0.3, 0.4) is 0 Å². The topological polar surface area (TPSA) is 47.0 Å². The zero-order valence-electron chi connectivity index (χ0n) is 9.26. The van der Waals surface area contributed by atoms with Gasteiger partial charge in [-0.2, -0.15) is 0 Å². The maximum absolute atomic E-state index is 5.31. The predicted molar refractivity (Wildman–Crippen MR) is 64.6 cm³/mol. The van der Waals surface area contributed by atoms with Crippen molar-refractivity contribution in [1.29, 1.82) is 0 Å². The third kappa shape index (κ3) is 4.08. The van der Waals surface area contributed by atoms with Gasteiger partial charge in [-0.1, -0.05) is 0 Å². The molecule has 1 saturated heterocycles. The predicted octanol–water partition coefficient (Wildman–Crippen LogP) is 1.34. The highest BCUT2D eigenvalue weighted by Crippen LogP contribution is 2.12. The zero-order chi connectivity index (χ0) is 11.1. The van der Waals surface area contributed by atoms with Crippen LogP contribution in [-0.4, -0.2) is 41.5 Å². The van der Waals surface area contributed by atoms with E-state index < -0.39 is 0 Å². The molecular weight excluding hydrogens is 222 g/mol. The number of hydrogen-bond donors (Lipinski definition) is 1. The Balaban J connectivity index is 1.58. The minimum absolute atomic E-state index is 0.639. The van der Waals surface area contributed by atoms with E-state index in [0.29, 0.717) is 6.04 Å². The van der Waals surface area contributed by atoms with Crippen LogP contribution >= 0.6 is 11.8 Å². The molecule has 2 heterocycles. The fourth-order valence-electron chi connectivity index (χ4n) is 1.68. The van der Waals surface area contributed by atoms with E-state index in [1.807, 2.05) is 6.07 Å². The summed E-state index contributed by atoms with van der Waals surface area (Å²) in [7, 11) is 0. The highest BCUT2D eigenvalue weighted by Gasteiger charge is 2.12. The zero-order valence-corrected chi connectivity index (χ0v) is 10.1. The Morgan fingerprint density at radius 1 is 1.44 bits per heavy atom. The lowest BCUT2D eigenvalue weighted by Gasteiger charge is -2.22. The molecule has 1 aromatic heterocycles. The number of hydrogen-bond acceptors (Lipinski definition) is 5. The second-order valence-electron chi connectivity index (χ2n) is 3.74. The van der Waals surface area contributed by atoms with Gasteiger partial charge in [-0.05, 0) is 18.9 Å². The quantitative estimate of drug-likeness (QED) is 0.477. The van der Waals surface area contributed by atoms with Crippen LogP contribution in [0.15, 0.2) is 23.6 Å². The van der Waals surface area contributed by atoms with E-state index in [1.165, 1.54) is 0 Å². The fraction of sp³-hybridized carbons (Fsp3) is 0.636. The molecule has 0 saturated carbocycles. The lowest BCUT2D eigenvalue weighted by Crippen LogP contribution is -2.35. The average molecular weight is 239 g/mol. The molecule has 5 heteroatoms. The Hall–Kier alpha value is -0.650. The van der Waals surface area contributed by atoms with Gasteiger partial charge < -0.3 is 10.1 Å². The van der Waals surface area contributed by atoms with Gasteiger partial charge in [0.2, 0.25) is 0 Å². The largest absolute Gasteiger partial charge is 0.381 e. The summed E-state index contributed by atoms with van der Waals surface area (Å²) in [5.41, 5.74) is 0. The van der Waals surface area contributed by atoms with Crippen molar-refractivity contribution in [1.82, 2.24) is 15.3 Å². The molecule has 4 nitrogen and oxygen atoms in total. The molecule has 88 valence electrons. The van der Waals surface area contributed by atoms with Crippen LogP contribution in [0.25, 0.3) is 0 Å². The highest BCUT2D eigenvalue weighted by atomic mass is 32.2. The van der Waals surface area contributed by atoms with Crippen molar-refractivity contribution in [3.8, 4) is 0 Å². The number of nitrogens with one attached hydrogen (secondary N) is 1. The van der Waals surface area contributed by atoms with Crippen molar-refractivity contribution in [2.75, 3.05) is 25.5 Å². The molecule has 0 aromatic carbocycles. The summed E-state index contributed by atoms with van der Waals surface area (Å²) in [6, 6.07) is 2.58. The monoisotopic (exact) mass is 239 g/mol. The van der Waals surface area contributed by atoms with Crippen LogP contribution in [0.2, 0.25) is 0 Å². The van der Waals surface area contributed by atoms with Gasteiger partial charge in [0.25, 0.3) is 0 Å². The highest BCUT2D eigenvalue weighted by molar-refractivity contribution is 7.99. The second kappa shape index (κ2) is 6.83. The summed E-state index contributed by atoms with van der Waals surface area (Å²) < 4.78 is 5.31. The molecule has 0 unspecified atom stereocenters. The van der Waals surface area contributed by atoms with E-state index in [1.54, 1.807) is 24.3 Å². The molecule has 0 bridgehead atoms. The molecule has 0 spiro atoms. The Bertz CT molecular complexity index is 291. The smallest absolute Gasteiger partial charge is 0.116 e. The Kier molecular flexibility index (Phi) is 5.05. The van der Waals surface area contributed by atoms with Crippen LogP contribution in [-0.2, 0) is 4.74 Å². The van der Waals surface area contributed by atoms with Gasteiger partial charge in [-0.25, -0.2) is 9.97 Å². The summed E-state index contributed by atoms with van der Waals surface area (Å²) >= 11 is 1.76. The van der Waals surface area contributed by atoms with E-state index in [2.05, 4.69) is 15.3 Å². The third-order valence-electron chi connectivity index (χ3n) is 2.56. The second-order valence-corrected chi connectivity index (χ2v) is 4.85. The van der Waals surface area contributed by atoms with Gasteiger partial charge in [0.05, 0.1) is 5.03 Å². The minimum atomic E-state index is 0.639. The van der Waals surface area contributed by atoms with Crippen LogP contribution in [0.1, 0.15) is 12.8 Å². The minimum Gasteiger partial charge on any atom is -0.381 e. The molecule has 1 aromatic rings. The van der Waals surface area contributed by atoms with Crippen LogP contribution in [0.4, 0.5) is 0 Å². The van der Waals surface area contributed by atoms with Crippen molar-refractivity contribution in [2.24, 2.45) is 0 Å². The van der Waals surface area contributed by atoms with Gasteiger partial charge in [0, 0.05) is 37.8 Å². The number of thioether (sulfide) groups is 1. The first-order valence-electron chi connectivity index (χ1n) is 5.65. The van der Waals surface area contributed by atoms with E-state index in [-0.39, 0.29) is 0 Å². The summed E-state index contributed by atoms with van der Waals surface area (Å²) in [6.45, 7) is 2.83. The molecule has 1 aliphatic rings. The first-order valence-corrected chi connectivity index (χ1v) is 6.63. The normalized spacial score (nSPS) is 17.5. The van der Waals surface area contributed by atoms with Crippen molar-refractivity contribution < 1.29 is 4.74 Å². The fourth-order valence-corrected chi connectivity index (χ4v) is 2.39. The summed E-state index contributed by atoms with van der Waals surface area (Å²) in [5, 5.41) is 4.59. The molecule has 0 atom stereocenters. The molecule has 2 rings (SSSR count). The van der Waals surface area contributed by atoms with E-state index in [4.69, 9.17) is 4.74 Å². The first-order chi connectivity index (χ1) is 7.95. The van der Waals surface area contributed by atoms with Gasteiger partial charge >= 0.3 is 0 Å². The molecule has 1 N–H and O–H groups in total. The molecular formula is C11H17N3OS. The summed E-state index contributed by atoms with van der Waals surface area (Å²) in [5.74, 6) is 1.05. The lowest BCUT2D eigenvalue weighted by molar-refractivity contribution is 0.0786. The number of aromatic nitrogens is 2. The van der Waals surface area contributed by atoms with Crippen molar-refractivity contribution >= 4 is 11.8 Å². The molecule has 1 fully saturated rings. The van der Waals surface area contributed by atoms with Gasteiger partial charge in [-0.15, -0.1) is 11.8 Å². The molecule has 0 radical (unpaired) electrons. The number of ether oxygens (including phenoxy) is 1. The Morgan fingerprint density at radius 2 is 2.31 bits per heavy atom. The van der Waals surface area contributed by atoms with E-state index >= 15 is 0 Å². The average Bonchev–Trinajstić information content (AvgIpc) is 2.37. The maximum Gasteiger partial charge on any atom is 0.116 e. The number of nitrogens with zero attached hydrogens (tertiary/aromatic N) is 2. The first kappa shape index (κ1) is 11.8. The van der Waals surface area contributed by atoms with Crippen LogP contribution in [0.5, 0.6) is 0 Å². The molecule has 1 aliphatic heterocycles. The summed E-state index contributed by atoms with van der Waals surface area (Å²) in [4.78, 5) is 8.06. The van der Waals surface area contributed by atoms with Crippen molar-refractivity contribution in [3.63, 3.8) is 0 Å². The van der Waals surface area contributed by atoms with E-state index in [0.717, 1.165) is 43.4 Å². The summed E-state index contributed by atoms with van der Waals surface area (Å²) in [6.07, 6.45) is 5.64.